The number of hydrogen-bond acceptors (Lipinski definition) is 5. The molecule has 0 radical (unpaired) electrons. The summed E-state index contributed by atoms with van der Waals surface area (Å²) >= 11 is 1.53. The highest BCUT2D eigenvalue weighted by molar-refractivity contribution is 7.09. The number of carbonyl (C=O) groups is 2. The first kappa shape index (κ1) is 18.3. The average molecular weight is 393 g/mol. The van der Waals surface area contributed by atoms with Crippen LogP contribution in [0, 0.1) is 13.8 Å². The topological polar surface area (TPSA) is 70.8 Å². The van der Waals surface area contributed by atoms with E-state index in [0.29, 0.717) is 12.3 Å². The molecule has 2 aromatic heterocycles. The van der Waals surface area contributed by atoms with Gasteiger partial charge in [0.15, 0.2) is 11.5 Å². The summed E-state index contributed by atoms with van der Waals surface area (Å²) in [5, 5.41) is 12.6. The van der Waals surface area contributed by atoms with E-state index in [1.54, 1.807) is 24.0 Å². The summed E-state index contributed by atoms with van der Waals surface area (Å²) < 4.78 is 5.47. The summed E-state index contributed by atoms with van der Waals surface area (Å²) in [6, 6.07) is 14.0. The van der Waals surface area contributed by atoms with E-state index in [2.05, 4.69) is 0 Å². The first-order valence-electron chi connectivity index (χ1n) is 8.90. The number of aryl methyl sites for hydroxylation is 2. The highest BCUT2D eigenvalue weighted by atomic mass is 32.1. The second kappa shape index (κ2) is 7.13. The molecule has 1 N–H and O–H groups in total. The number of ketones is 1. The molecule has 5 nitrogen and oxygen atoms in total. The summed E-state index contributed by atoms with van der Waals surface area (Å²) in [7, 11) is 0. The molecular weight excluding hydrogens is 374 g/mol. The molecule has 3 aromatic rings. The fourth-order valence-corrected chi connectivity index (χ4v) is 4.23. The summed E-state index contributed by atoms with van der Waals surface area (Å²) in [5.74, 6) is -0.822. The molecule has 1 amide bonds. The first-order valence-corrected chi connectivity index (χ1v) is 9.78. The number of Topliss-reactive ketones (excluding diaryl/α,β-unsaturated/α-hetero) is 1. The summed E-state index contributed by atoms with van der Waals surface area (Å²) in [6.45, 7) is 3.98. The van der Waals surface area contributed by atoms with Gasteiger partial charge in [0.05, 0.1) is 18.2 Å². The molecule has 1 aromatic carbocycles. The summed E-state index contributed by atoms with van der Waals surface area (Å²) in [6.07, 6.45) is 0. The smallest absolute Gasteiger partial charge is 0.290 e. The van der Waals surface area contributed by atoms with Crippen molar-refractivity contribution in [3.63, 3.8) is 0 Å². The van der Waals surface area contributed by atoms with E-state index in [1.165, 1.54) is 11.3 Å². The van der Waals surface area contributed by atoms with Gasteiger partial charge in [-0.25, -0.2) is 0 Å². The molecule has 1 unspecified atom stereocenters. The predicted molar refractivity (Wildman–Crippen MR) is 106 cm³/mol. The normalized spacial score (nSPS) is 16.9. The van der Waals surface area contributed by atoms with Crippen LogP contribution < -0.4 is 0 Å². The SMILES string of the molecule is Cc1ccc(C(=O)C2=C(O)C(=O)N(Cc3cccs3)C2c2ccccc2C)o1. The lowest BCUT2D eigenvalue weighted by atomic mass is 9.92. The Labute approximate surface area is 166 Å². The van der Waals surface area contributed by atoms with Gasteiger partial charge in [-0.1, -0.05) is 30.3 Å². The Morgan fingerprint density at radius 3 is 2.57 bits per heavy atom. The van der Waals surface area contributed by atoms with Crippen LogP contribution in [0.4, 0.5) is 0 Å². The molecule has 0 spiro atoms. The number of nitrogens with zero attached hydrogens (tertiary/aromatic N) is 1. The lowest BCUT2D eigenvalue weighted by molar-refractivity contribution is -0.130. The zero-order chi connectivity index (χ0) is 19.8. The predicted octanol–water partition coefficient (Wildman–Crippen LogP) is 4.74. The van der Waals surface area contributed by atoms with Crippen LogP contribution in [-0.4, -0.2) is 21.7 Å². The fourth-order valence-electron chi connectivity index (χ4n) is 3.53. The maximum Gasteiger partial charge on any atom is 0.290 e. The van der Waals surface area contributed by atoms with E-state index in [0.717, 1.165) is 16.0 Å². The van der Waals surface area contributed by atoms with Gasteiger partial charge in [-0.05, 0) is 48.6 Å². The Hall–Kier alpha value is -3.12. The third kappa shape index (κ3) is 3.05. The van der Waals surface area contributed by atoms with Gasteiger partial charge in [-0.2, -0.15) is 0 Å². The van der Waals surface area contributed by atoms with Crippen molar-refractivity contribution in [1.82, 2.24) is 4.90 Å². The van der Waals surface area contributed by atoms with Crippen molar-refractivity contribution in [3.05, 3.63) is 92.8 Å². The number of aliphatic hydroxyl groups excluding tert-OH is 1. The van der Waals surface area contributed by atoms with E-state index in [4.69, 9.17) is 4.42 Å². The Morgan fingerprint density at radius 2 is 1.93 bits per heavy atom. The Morgan fingerprint density at radius 1 is 1.14 bits per heavy atom. The van der Waals surface area contributed by atoms with Gasteiger partial charge in [0, 0.05) is 4.88 Å². The second-order valence-electron chi connectivity index (χ2n) is 6.77. The van der Waals surface area contributed by atoms with E-state index in [-0.39, 0.29) is 11.3 Å². The van der Waals surface area contributed by atoms with Crippen LogP contribution in [0.15, 0.2) is 69.7 Å². The van der Waals surface area contributed by atoms with Gasteiger partial charge in [-0.15, -0.1) is 11.3 Å². The molecule has 1 aliphatic heterocycles. The van der Waals surface area contributed by atoms with E-state index < -0.39 is 23.5 Å². The number of aliphatic hydroxyl groups is 1. The molecule has 0 saturated carbocycles. The molecule has 1 aliphatic rings. The van der Waals surface area contributed by atoms with Gasteiger partial charge < -0.3 is 14.4 Å². The van der Waals surface area contributed by atoms with Crippen LogP contribution >= 0.6 is 11.3 Å². The number of furan rings is 1. The van der Waals surface area contributed by atoms with Crippen LogP contribution in [-0.2, 0) is 11.3 Å². The lowest BCUT2D eigenvalue weighted by Crippen LogP contribution is -2.30. The average Bonchev–Trinajstić information content (AvgIpc) is 3.39. The van der Waals surface area contributed by atoms with Crippen molar-refractivity contribution < 1.29 is 19.1 Å². The molecule has 6 heteroatoms. The molecule has 3 heterocycles. The van der Waals surface area contributed by atoms with E-state index in [1.807, 2.05) is 48.7 Å². The maximum absolute atomic E-state index is 13.2. The van der Waals surface area contributed by atoms with Crippen molar-refractivity contribution in [2.45, 2.75) is 26.4 Å². The van der Waals surface area contributed by atoms with Gasteiger partial charge in [0.25, 0.3) is 5.91 Å². The minimum Gasteiger partial charge on any atom is -0.503 e. The Bertz CT molecular complexity index is 1080. The maximum atomic E-state index is 13.2. The van der Waals surface area contributed by atoms with Crippen molar-refractivity contribution >= 4 is 23.0 Å². The number of thiophene rings is 1. The summed E-state index contributed by atoms with van der Waals surface area (Å²) in [4.78, 5) is 28.6. The van der Waals surface area contributed by atoms with E-state index in [9.17, 15) is 14.7 Å². The number of benzene rings is 1. The van der Waals surface area contributed by atoms with Crippen molar-refractivity contribution in [2.75, 3.05) is 0 Å². The first-order chi connectivity index (χ1) is 13.5. The largest absolute Gasteiger partial charge is 0.503 e. The Kier molecular flexibility index (Phi) is 4.65. The third-order valence-corrected chi connectivity index (χ3v) is 5.76. The van der Waals surface area contributed by atoms with Crippen LogP contribution in [0.1, 0.15) is 38.4 Å². The van der Waals surface area contributed by atoms with Crippen molar-refractivity contribution in [2.24, 2.45) is 0 Å². The molecular formula is C22H19NO4S. The zero-order valence-electron chi connectivity index (χ0n) is 15.5. The minimum absolute atomic E-state index is 0.0604. The molecule has 0 fully saturated rings. The highest BCUT2D eigenvalue weighted by Gasteiger charge is 2.44. The highest BCUT2D eigenvalue weighted by Crippen LogP contribution is 2.41. The lowest BCUT2D eigenvalue weighted by Gasteiger charge is -2.27. The molecule has 0 bridgehead atoms. The quantitative estimate of drug-likeness (QED) is 0.636. The molecule has 0 aliphatic carbocycles. The standard InChI is InChI=1S/C22H19NO4S/c1-13-6-3-4-8-16(13)19-18(20(24)17-10-9-14(2)27-17)21(25)22(26)23(19)12-15-7-5-11-28-15/h3-11,19,25H,12H2,1-2H3. The van der Waals surface area contributed by atoms with Crippen molar-refractivity contribution in [3.8, 4) is 0 Å². The monoisotopic (exact) mass is 393 g/mol. The van der Waals surface area contributed by atoms with Crippen LogP contribution in [0.2, 0.25) is 0 Å². The number of hydrogen-bond donors (Lipinski definition) is 1. The molecule has 142 valence electrons. The minimum atomic E-state index is -0.672. The second-order valence-corrected chi connectivity index (χ2v) is 7.81. The van der Waals surface area contributed by atoms with Crippen LogP contribution in [0.25, 0.3) is 0 Å². The van der Waals surface area contributed by atoms with Gasteiger partial charge >= 0.3 is 0 Å². The van der Waals surface area contributed by atoms with Crippen LogP contribution in [0.3, 0.4) is 0 Å². The van der Waals surface area contributed by atoms with E-state index >= 15 is 0 Å². The van der Waals surface area contributed by atoms with Crippen LogP contribution in [0.5, 0.6) is 0 Å². The van der Waals surface area contributed by atoms with Gasteiger partial charge in [0.1, 0.15) is 5.76 Å². The van der Waals surface area contributed by atoms with Gasteiger partial charge in [0.2, 0.25) is 5.78 Å². The zero-order valence-corrected chi connectivity index (χ0v) is 16.3. The molecule has 0 saturated heterocycles. The van der Waals surface area contributed by atoms with Crippen molar-refractivity contribution in [1.29, 1.82) is 0 Å². The summed E-state index contributed by atoms with van der Waals surface area (Å²) in [5.41, 5.74) is 1.81. The van der Waals surface area contributed by atoms with Gasteiger partial charge in [-0.3, -0.25) is 9.59 Å². The number of rotatable bonds is 5. The number of amides is 1. The molecule has 4 rings (SSSR count). The third-order valence-electron chi connectivity index (χ3n) is 4.90. The fraction of sp³-hybridized carbons (Fsp3) is 0.182. The molecule has 28 heavy (non-hydrogen) atoms. The number of carbonyl (C=O) groups excluding carboxylic acids is 2. The molecule has 1 atom stereocenters. The Balaban J connectivity index is 1.83.